The average molecular weight is 655 g/mol. The van der Waals surface area contributed by atoms with Gasteiger partial charge < -0.3 is 38.3 Å². The molecule has 8 rings (SSSR count). The van der Waals surface area contributed by atoms with Crippen molar-refractivity contribution in [1.29, 1.82) is 0 Å². The van der Waals surface area contributed by atoms with Crippen molar-refractivity contribution in [1.82, 2.24) is 9.80 Å². The average Bonchev–Trinajstić information content (AvgIpc) is 3.60. The van der Waals surface area contributed by atoms with Crippen molar-refractivity contribution >= 4 is 23.5 Å². The van der Waals surface area contributed by atoms with Gasteiger partial charge in [0, 0.05) is 53.5 Å². The highest BCUT2D eigenvalue weighted by Crippen LogP contribution is 2.69. The molecule has 0 aliphatic carbocycles. The molecule has 6 aliphatic rings. The summed E-state index contributed by atoms with van der Waals surface area (Å²) in [6.45, 7) is 7.77. The number of Topliss-reactive ketones (excluding diaryl/α,β-unsaturated/α-hetero) is 1. The third kappa shape index (κ3) is 4.01. The Bertz CT molecular complexity index is 1650. The van der Waals surface area contributed by atoms with Crippen LogP contribution in [0.2, 0.25) is 0 Å². The number of fused-ring (bicyclic) bond motifs is 8. The summed E-state index contributed by atoms with van der Waals surface area (Å²) in [6.07, 6.45) is -0.151. The lowest BCUT2D eigenvalue weighted by Gasteiger charge is -2.64. The van der Waals surface area contributed by atoms with Crippen LogP contribution in [-0.2, 0) is 19.1 Å². The number of nitrogens with zero attached hydrogens (tertiary/aromatic N) is 2. The molecular formula is C33H38N2O10S. The third-order valence-corrected chi connectivity index (χ3v) is 11.8. The third-order valence-electron chi connectivity index (χ3n) is 10.5. The summed E-state index contributed by atoms with van der Waals surface area (Å²) >= 11 is 1.40. The highest BCUT2D eigenvalue weighted by atomic mass is 32.2. The Morgan fingerprint density at radius 3 is 2.54 bits per heavy atom. The molecule has 0 aromatic heterocycles. The van der Waals surface area contributed by atoms with Gasteiger partial charge in [0.05, 0.1) is 30.2 Å². The molecule has 246 valence electrons. The van der Waals surface area contributed by atoms with Gasteiger partial charge in [-0.3, -0.25) is 14.6 Å². The number of benzene rings is 2. The maximum absolute atomic E-state index is 13.1. The summed E-state index contributed by atoms with van der Waals surface area (Å²) < 4.78 is 41.8. The van der Waals surface area contributed by atoms with Gasteiger partial charge in [0.25, 0.3) is 0 Å². The van der Waals surface area contributed by atoms with E-state index in [1.807, 2.05) is 13.8 Å². The number of aryl methyl sites for hydroxylation is 1. The maximum Gasteiger partial charge on any atom is 0.375 e. The van der Waals surface area contributed by atoms with Crippen LogP contribution in [0.4, 0.5) is 0 Å². The van der Waals surface area contributed by atoms with E-state index in [-0.39, 0.29) is 61.4 Å². The molecule has 0 amide bonds. The number of methoxy groups -OCH3 is 2. The van der Waals surface area contributed by atoms with Crippen molar-refractivity contribution in [3.8, 4) is 28.7 Å². The smallest absolute Gasteiger partial charge is 0.375 e. The van der Waals surface area contributed by atoms with Crippen LogP contribution in [0.3, 0.4) is 0 Å². The number of carbonyl (C=O) groups is 2. The van der Waals surface area contributed by atoms with Crippen molar-refractivity contribution in [2.24, 2.45) is 0 Å². The Labute approximate surface area is 271 Å². The topological polar surface area (TPSA) is 125 Å². The molecule has 0 saturated carbocycles. The first-order valence-corrected chi connectivity index (χ1v) is 16.7. The number of thioether (sulfide) groups is 1. The van der Waals surface area contributed by atoms with Gasteiger partial charge in [-0.25, -0.2) is 4.79 Å². The predicted octanol–water partition coefficient (Wildman–Crippen LogP) is 3.64. The summed E-state index contributed by atoms with van der Waals surface area (Å²) in [5.74, 6) is 1.48. The van der Waals surface area contributed by atoms with Gasteiger partial charge in [-0.15, -0.1) is 11.8 Å². The normalized spacial score (nSPS) is 31.2. The summed E-state index contributed by atoms with van der Waals surface area (Å²) in [4.78, 5) is 31.0. The Hall–Kier alpha value is -3.23. The van der Waals surface area contributed by atoms with Gasteiger partial charge in [-0.2, -0.15) is 0 Å². The zero-order chi connectivity index (χ0) is 32.2. The lowest BCUT2D eigenvalue weighted by Crippen LogP contribution is -2.70. The number of ketones is 1. The first kappa shape index (κ1) is 30.1. The van der Waals surface area contributed by atoms with E-state index in [1.54, 1.807) is 21.1 Å². The molecule has 0 radical (unpaired) electrons. The molecule has 46 heavy (non-hydrogen) atoms. The maximum atomic E-state index is 13.1. The monoisotopic (exact) mass is 654 g/mol. The first-order valence-electron chi connectivity index (χ1n) is 15.7. The second kappa shape index (κ2) is 10.9. The standard InChI is InChI=1S/C33H38N2O10S/c1-13-7-17-19-8-18-15(3)34-20-9-41-33(38)21(37)10-46-32(24-23(20)31-29(43-12-44-31)14(2)28(24)45-16(4)36)26(34)25(35(18)19)22(17)30(27(13)40-6)42-11-39-5/h7,15-16,18-20,25-26,32,36H,8-12H2,1-6H3/t15-,16?,18-,19?,20+,25+,26+,32+/m0/s1. The van der Waals surface area contributed by atoms with Crippen LogP contribution in [0.1, 0.15) is 77.0 Å². The molecule has 3 fully saturated rings. The zero-order valence-electron chi connectivity index (χ0n) is 26.7. The summed E-state index contributed by atoms with van der Waals surface area (Å²) in [7, 11) is 3.25. The molecule has 6 heterocycles. The van der Waals surface area contributed by atoms with E-state index in [9.17, 15) is 14.7 Å². The van der Waals surface area contributed by atoms with Crippen LogP contribution in [0, 0.1) is 13.8 Å². The molecule has 6 aliphatic heterocycles. The summed E-state index contributed by atoms with van der Waals surface area (Å²) in [5, 5.41) is 10.2. The fraction of sp³-hybridized carbons (Fsp3) is 0.576. The van der Waals surface area contributed by atoms with E-state index >= 15 is 0 Å². The molecule has 12 nitrogen and oxygen atoms in total. The highest BCUT2D eigenvalue weighted by molar-refractivity contribution is 8.00. The summed E-state index contributed by atoms with van der Waals surface area (Å²) in [5.41, 5.74) is 5.61. The Kier molecular flexibility index (Phi) is 7.15. The second-order valence-electron chi connectivity index (χ2n) is 12.8. The molecule has 1 N–H and O–H groups in total. The highest BCUT2D eigenvalue weighted by Gasteiger charge is 2.65. The molecule has 8 atom stereocenters. The molecule has 2 bridgehead atoms. The first-order chi connectivity index (χ1) is 22.2. The molecule has 3 saturated heterocycles. The lowest BCUT2D eigenvalue weighted by molar-refractivity contribution is -0.168. The van der Waals surface area contributed by atoms with E-state index < -0.39 is 24.1 Å². The predicted molar refractivity (Wildman–Crippen MR) is 165 cm³/mol. The van der Waals surface area contributed by atoms with Gasteiger partial charge in [0.1, 0.15) is 12.4 Å². The van der Waals surface area contributed by atoms with Crippen LogP contribution in [-0.4, -0.2) is 91.2 Å². The summed E-state index contributed by atoms with van der Waals surface area (Å²) in [6, 6.07) is 1.86. The van der Waals surface area contributed by atoms with Gasteiger partial charge in [-0.05, 0) is 45.2 Å². The van der Waals surface area contributed by atoms with E-state index in [0.29, 0.717) is 34.3 Å². The van der Waals surface area contributed by atoms with Gasteiger partial charge in [0.2, 0.25) is 12.6 Å². The fourth-order valence-corrected chi connectivity index (χ4v) is 10.3. The molecule has 2 unspecified atom stereocenters. The number of piperazine rings is 1. The lowest BCUT2D eigenvalue weighted by atomic mass is 9.74. The van der Waals surface area contributed by atoms with E-state index in [4.69, 9.17) is 33.2 Å². The number of cyclic esters (lactones) is 1. The van der Waals surface area contributed by atoms with Crippen molar-refractivity contribution in [2.75, 3.05) is 40.2 Å². The van der Waals surface area contributed by atoms with Crippen molar-refractivity contribution in [2.45, 2.75) is 81.9 Å². The Morgan fingerprint density at radius 2 is 1.80 bits per heavy atom. The molecule has 13 heteroatoms. The van der Waals surface area contributed by atoms with Crippen LogP contribution in [0.15, 0.2) is 6.07 Å². The largest absolute Gasteiger partial charge is 0.493 e. The van der Waals surface area contributed by atoms with Gasteiger partial charge in [-0.1, -0.05) is 6.07 Å². The molecular weight excluding hydrogens is 616 g/mol. The zero-order valence-corrected chi connectivity index (χ0v) is 27.5. The van der Waals surface area contributed by atoms with E-state index in [2.05, 4.69) is 22.8 Å². The van der Waals surface area contributed by atoms with Crippen LogP contribution >= 0.6 is 11.8 Å². The number of aliphatic hydroxyl groups excluding tert-OH is 1. The van der Waals surface area contributed by atoms with Crippen molar-refractivity contribution in [3.05, 3.63) is 39.4 Å². The minimum absolute atomic E-state index is 0.0377. The van der Waals surface area contributed by atoms with Crippen LogP contribution in [0.5, 0.6) is 28.7 Å². The van der Waals surface area contributed by atoms with Crippen molar-refractivity contribution < 1.29 is 47.9 Å². The number of hydrogen-bond acceptors (Lipinski definition) is 13. The molecule has 2 aromatic carbocycles. The minimum Gasteiger partial charge on any atom is -0.493 e. The van der Waals surface area contributed by atoms with Gasteiger partial charge in [0.15, 0.2) is 36.1 Å². The number of carbonyl (C=O) groups excluding carboxylic acids is 2. The number of esters is 1. The molecule has 0 spiro atoms. The minimum atomic E-state index is -1.11. The van der Waals surface area contributed by atoms with E-state index in [1.165, 1.54) is 17.3 Å². The van der Waals surface area contributed by atoms with E-state index in [0.717, 1.165) is 28.7 Å². The quantitative estimate of drug-likeness (QED) is 0.277. The van der Waals surface area contributed by atoms with Crippen molar-refractivity contribution in [3.63, 3.8) is 0 Å². The molecule has 2 aromatic rings. The number of hydrogen-bond donors (Lipinski definition) is 1. The second-order valence-corrected chi connectivity index (χ2v) is 14.0. The number of rotatable bonds is 6. The van der Waals surface area contributed by atoms with Gasteiger partial charge >= 0.3 is 5.97 Å². The SMILES string of the molecule is COCOc1c(OC)c(C)cc2c1[C@@H]1[C@@H]3[C@@H]4SCC(=O)C(=O)OC[C@H](c5c6c(c(C)c(OC(C)O)c54)OCO6)N3[C@@H](C)[C@@H]3CC2N13. The van der Waals surface area contributed by atoms with Crippen LogP contribution < -0.4 is 23.7 Å². The fourth-order valence-electron chi connectivity index (χ4n) is 8.92. The Balaban J connectivity index is 1.41. The number of ether oxygens (including phenoxy) is 7. The Morgan fingerprint density at radius 1 is 1.02 bits per heavy atom. The number of aliphatic hydroxyl groups is 1. The van der Waals surface area contributed by atoms with Crippen LogP contribution in [0.25, 0.3) is 0 Å².